The Morgan fingerprint density at radius 2 is 0.718 bits per heavy atom. The van der Waals surface area contributed by atoms with Crippen LogP contribution in [0.15, 0.2) is 140 Å². The van der Waals surface area contributed by atoms with Gasteiger partial charge in [0.05, 0.1) is 33.1 Å². The van der Waals surface area contributed by atoms with Crippen LogP contribution in [-0.4, -0.2) is 13.7 Å². The highest BCUT2D eigenvalue weighted by molar-refractivity contribution is 6.25. The number of hydrogen-bond acceptors (Lipinski definition) is 0. The van der Waals surface area contributed by atoms with Crippen molar-refractivity contribution in [1.82, 2.24) is 13.7 Å². The Morgan fingerprint density at radius 3 is 1.31 bits per heavy atom. The first-order valence-electron chi connectivity index (χ1n) is 13.4. The standard InChI is InChI=1S/C36H23N3/c1-3-11-24(12-4-1)37-29-16-8-7-15-27(29)28-23-26(21-22-30(28)37)39-33-19-9-17-31-35(33)36-32(18-10-20-34(36)39)38(31)25-13-5-2-6-14-25/h1-23H. The molecule has 3 aromatic heterocycles. The molecule has 0 N–H and O–H groups in total. The molecule has 0 radical (unpaired) electrons. The molecular formula is C36H23N3. The van der Waals surface area contributed by atoms with Gasteiger partial charge in [0.1, 0.15) is 0 Å². The van der Waals surface area contributed by atoms with Crippen molar-refractivity contribution < 1.29 is 0 Å². The number of hydrogen-bond donors (Lipinski definition) is 0. The summed E-state index contributed by atoms with van der Waals surface area (Å²) in [6.45, 7) is 0. The van der Waals surface area contributed by atoms with E-state index in [0.717, 1.165) is 0 Å². The van der Waals surface area contributed by atoms with Gasteiger partial charge < -0.3 is 13.7 Å². The van der Waals surface area contributed by atoms with Crippen LogP contribution in [0, 0.1) is 0 Å². The maximum atomic E-state index is 2.44. The van der Waals surface area contributed by atoms with Gasteiger partial charge in [-0.1, -0.05) is 66.7 Å². The van der Waals surface area contributed by atoms with E-state index in [1.165, 1.54) is 71.7 Å². The van der Waals surface area contributed by atoms with E-state index in [0.29, 0.717) is 0 Å². The van der Waals surface area contributed by atoms with Crippen molar-refractivity contribution in [3.63, 3.8) is 0 Å². The number of aromatic nitrogens is 3. The highest BCUT2D eigenvalue weighted by Crippen LogP contribution is 2.43. The number of benzene rings is 6. The second-order valence-electron chi connectivity index (χ2n) is 10.2. The summed E-state index contributed by atoms with van der Waals surface area (Å²) in [6.07, 6.45) is 0. The molecule has 9 rings (SSSR count). The number of nitrogens with zero attached hydrogens (tertiary/aromatic N) is 3. The second kappa shape index (κ2) is 7.62. The third kappa shape index (κ3) is 2.71. The van der Waals surface area contributed by atoms with Crippen LogP contribution in [-0.2, 0) is 0 Å². The summed E-state index contributed by atoms with van der Waals surface area (Å²) in [5.41, 5.74) is 10.9. The lowest BCUT2D eigenvalue weighted by atomic mass is 10.1. The van der Waals surface area contributed by atoms with Crippen molar-refractivity contribution in [1.29, 1.82) is 0 Å². The third-order valence-electron chi connectivity index (χ3n) is 8.20. The van der Waals surface area contributed by atoms with Crippen molar-refractivity contribution in [3.8, 4) is 17.1 Å². The van der Waals surface area contributed by atoms with E-state index in [9.17, 15) is 0 Å². The molecule has 0 saturated carbocycles. The van der Waals surface area contributed by atoms with E-state index in [2.05, 4.69) is 153 Å². The van der Waals surface area contributed by atoms with E-state index in [1.54, 1.807) is 0 Å². The quantitative estimate of drug-likeness (QED) is 0.231. The van der Waals surface area contributed by atoms with Crippen molar-refractivity contribution in [2.24, 2.45) is 0 Å². The summed E-state index contributed by atoms with van der Waals surface area (Å²) < 4.78 is 7.21. The number of fused-ring (bicyclic) bond motifs is 3. The third-order valence-corrected chi connectivity index (χ3v) is 8.20. The Bertz CT molecular complexity index is 2250. The van der Waals surface area contributed by atoms with Gasteiger partial charge in [0.2, 0.25) is 0 Å². The largest absolute Gasteiger partial charge is 0.309 e. The van der Waals surface area contributed by atoms with Crippen LogP contribution in [0.4, 0.5) is 0 Å². The lowest BCUT2D eigenvalue weighted by Gasteiger charge is -2.13. The fraction of sp³-hybridized carbons (Fsp3) is 0. The fourth-order valence-electron chi connectivity index (χ4n) is 6.66. The first-order valence-corrected chi connectivity index (χ1v) is 13.4. The highest BCUT2D eigenvalue weighted by Gasteiger charge is 2.22. The van der Waals surface area contributed by atoms with Gasteiger partial charge in [-0.05, 0) is 72.8 Å². The molecule has 0 bridgehead atoms. The molecule has 0 aliphatic heterocycles. The van der Waals surface area contributed by atoms with Gasteiger partial charge >= 0.3 is 0 Å². The Morgan fingerprint density at radius 1 is 0.282 bits per heavy atom. The van der Waals surface area contributed by atoms with E-state index >= 15 is 0 Å². The first kappa shape index (κ1) is 20.7. The zero-order valence-electron chi connectivity index (χ0n) is 21.1. The Kier molecular flexibility index (Phi) is 4.05. The molecule has 0 spiro atoms. The molecule has 0 aliphatic carbocycles. The summed E-state index contributed by atoms with van der Waals surface area (Å²) in [7, 11) is 0. The van der Waals surface area contributed by atoms with Crippen LogP contribution in [0.5, 0.6) is 0 Å². The predicted molar refractivity (Wildman–Crippen MR) is 163 cm³/mol. The molecule has 3 nitrogen and oxygen atoms in total. The van der Waals surface area contributed by atoms with Gasteiger partial charge in [0, 0.05) is 38.6 Å². The Hall–Kier alpha value is -5.28. The normalized spacial score (nSPS) is 12.1. The zero-order valence-corrected chi connectivity index (χ0v) is 21.1. The number of rotatable bonds is 3. The van der Waals surface area contributed by atoms with Crippen molar-refractivity contribution in [3.05, 3.63) is 140 Å². The fourth-order valence-corrected chi connectivity index (χ4v) is 6.66. The monoisotopic (exact) mass is 497 g/mol. The maximum Gasteiger partial charge on any atom is 0.0563 e. The van der Waals surface area contributed by atoms with Crippen LogP contribution in [0.3, 0.4) is 0 Å². The minimum absolute atomic E-state index is 1.18. The molecule has 39 heavy (non-hydrogen) atoms. The molecule has 182 valence electrons. The first-order chi connectivity index (χ1) is 19.4. The van der Waals surface area contributed by atoms with Crippen LogP contribution in [0.25, 0.3) is 71.7 Å². The molecule has 0 unspecified atom stereocenters. The molecule has 9 aromatic rings. The minimum atomic E-state index is 1.18. The SMILES string of the molecule is c1ccc(-n2c3ccccc3c3cc(-n4c5cccc6c5c5c(cccc54)n6-c4ccccc4)ccc32)cc1. The smallest absolute Gasteiger partial charge is 0.0563 e. The summed E-state index contributed by atoms with van der Waals surface area (Å²) in [4.78, 5) is 0. The molecule has 3 heteroatoms. The highest BCUT2D eigenvalue weighted by atomic mass is 15.0. The van der Waals surface area contributed by atoms with E-state index in [-0.39, 0.29) is 0 Å². The second-order valence-corrected chi connectivity index (χ2v) is 10.2. The molecule has 0 fully saturated rings. The van der Waals surface area contributed by atoms with Crippen LogP contribution in [0.1, 0.15) is 0 Å². The van der Waals surface area contributed by atoms with Crippen molar-refractivity contribution in [2.45, 2.75) is 0 Å². The summed E-state index contributed by atoms with van der Waals surface area (Å²) in [5.74, 6) is 0. The van der Waals surface area contributed by atoms with E-state index < -0.39 is 0 Å². The summed E-state index contributed by atoms with van der Waals surface area (Å²) in [6, 6.07) is 50.4. The van der Waals surface area contributed by atoms with Gasteiger partial charge in [-0.2, -0.15) is 0 Å². The molecule has 0 atom stereocenters. The van der Waals surface area contributed by atoms with Gasteiger partial charge in [-0.25, -0.2) is 0 Å². The van der Waals surface area contributed by atoms with Gasteiger partial charge in [-0.3, -0.25) is 0 Å². The minimum Gasteiger partial charge on any atom is -0.309 e. The van der Waals surface area contributed by atoms with Crippen molar-refractivity contribution in [2.75, 3.05) is 0 Å². The lowest BCUT2D eigenvalue weighted by molar-refractivity contribution is 1.15. The molecule has 3 heterocycles. The van der Waals surface area contributed by atoms with Crippen LogP contribution >= 0.6 is 0 Å². The molecule has 0 aliphatic rings. The Labute approximate surface area is 224 Å². The summed E-state index contributed by atoms with van der Waals surface area (Å²) in [5, 5.41) is 5.16. The maximum absolute atomic E-state index is 2.44. The lowest BCUT2D eigenvalue weighted by Crippen LogP contribution is -1.98. The van der Waals surface area contributed by atoms with Crippen LogP contribution in [0.2, 0.25) is 0 Å². The predicted octanol–water partition coefficient (Wildman–Crippen LogP) is 9.26. The van der Waals surface area contributed by atoms with E-state index in [4.69, 9.17) is 0 Å². The molecular weight excluding hydrogens is 474 g/mol. The summed E-state index contributed by atoms with van der Waals surface area (Å²) >= 11 is 0. The molecule has 0 saturated heterocycles. The molecule has 0 amide bonds. The molecule has 6 aromatic carbocycles. The zero-order chi connectivity index (χ0) is 25.5. The van der Waals surface area contributed by atoms with Gasteiger partial charge in [0.15, 0.2) is 0 Å². The van der Waals surface area contributed by atoms with Gasteiger partial charge in [0.25, 0.3) is 0 Å². The van der Waals surface area contributed by atoms with Crippen LogP contribution < -0.4 is 0 Å². The Balaban J connectivity index is 1.37. The topological polar surface area (TPSA) is 14.8 Å². The average molecular weight is 498 g/mol. The van der Waals surface area contributed by atoms with Crippen molar-refractivity contribution >= 4 is 54.6 Å². The average Bonchev–Trinajstić information content (AvgIpc) is 3.64. The van der Waals surface area contributed by atoms with Gasteiger partial charge in [-0.15, -0.1) is 0 Å². The van der Waals surface area contributed by atoms with E-state index in [1.807, 2.05) is 0 Å². The number of para-hydroxylation sites is 3.